The van der Waals surface area contributed by atoms with E-state index in [1.165, 1.54) is 24.1 Å². The van der Waals surface area contributed by atoms with Gasteiger partial charge in [0.1, 0.15) is 6.10 Å². The topological polar surface area (TPSA) is 58.6 Å². The number of carbonyl (C=O) groups excluding carboxylic acids is 1. The van der Waals surface area contributed by atoms with E-state index in [0.29, 0.717) is 5.92 Å². The van der Waals surface area contributed by atoms with Gasteiger partial charge in [-0.3, -0.25) is 4.79 Å². The minimum Gasteiger partial charge on any atom is -0.365 e. The second-order valence-corrected chi connectivity index (χ2v) is 8.15. The molecule has 1 aromatic rings. The van der Waals surface area contributed by atoms with Gasteiger partial charge in [-0.05, 0) is 62.8 Å². The SMILES string of the molecule is CN(C)C(=O)[C@H]1CC[C@@H](C2CCN(c3ncc4c(n3)CCCC4)CC2)O1. The first kappa shape index (κ1) is 17.7. The summed E-state index contributed by atoms with van der Waals surface area (Å²) < 4.78 is 6.10. The molecule has 142 valence electrons. The number of carbonyl (C=O) groups is 1. The Morgan fingerprint density at radius 1 is 1.15 bits per heavy atom. The maximum atomic E-state index is 12.1. The van der Waals surface area contributed by atoms with Crippen LogP contribution in [0.5, 0.6) is 0 Å². The lowest BCUT2D eigenvalue weighted by Gasteiger charge is -2.35. The van der Waals surface area contributed by atoms with Crippen LogP contribution in [0.1, 0.15) is 49.8 Å². The van der Waals surface area contributed by atoms with Crippen LogP contribution in [0.2, 0.25) is 0 Å². The third-order valence-corrected chi connectivity index (χ3v) is 6.17. The molecule has 1 amide bonds. The van der Waals surface area contributed by atoms with Gasteiger partial charge in [-0.25, -0.2) is 9.97 Å². The molecule has 0 radical (unpaired) electrons. The Hall–Kier alpha value is -1.69. The summed E-state index contributed by atoms with van der Waals surface area (Å²) in [5.74, 6) is 1.55. The van der Waals surface area contributed by atoms with Crippen molar-refractivity contribution in [1.82, 2.24) is 14.9 Å². The van der Waals surface area contributed by atoms with Gasteiger partial charge in [0.05, 0.1) is 6.10 Å². The largest absolute Gasteiger partial charge is 0.365 e. The number of piperidine rings is 1. The monoisotopic (exact) mass is 358 g/mol. The summed E-state index contributed by atoms with van der Waals surface area (Å²) in [4.78, 5) is 25.5. The summed E-state index contributed by atoms with van der Waals surface area (Å²) in [5.41, 5.74) is 2.60. The van der Waals surface area contributed by atoms with E-state index in [1.54, 1.807) is 19.0 Å². The fourth-order valence-corrected chi connectivity index (χ4v) is 4.57. The Balaban J connectivity index is 1.33. The summed E-state index contributed by atoms with van der Waals surface area (Å²) in [6.45, 7) is 1.96. The van der Waals surface area contributed by atoms with Gasteiger partial charge in [-0.1, -0.05) is 0 Å². The van der Waals surface area contributed by atoms with E-state index < -0.39 is 0 Å². The second-order valence-electron chi connectivity index (χ2n) is 8.15. The van der Waals surface area contributed by atoms with Gasteiger partial charge in [0.25, 0.3) is 5.91 Å². The third kappa shape index (κ3) is 3.56. The zero-order chi connectivity index (χ0) is 18.1. The van der Waals surface area contributed by atoms with Gasteiger partial charge in [0.2, 0.25) is 5.95 Å². The summed E-state index contributed by atoms with van der Waals surface area (Å²) in [6.07, 6.45) is 10.8. The zero-order valence-electron chi connectivity index (χ0n) is 16.0. The first-order valence-electron chi connectivity index (χ1n) is 10.1. The lowest BCUT2D eigenvalue weighted by molar-refractivity contribution is -0.141. The van der Waals surface area contributed by atoms with Crippen LogP contribution in [-0.4, -0.2) is 60.2 Å². The molecule has 0 spiro atoms. The molecular formula is C20H30N4O2. The number of aromatic nitrogens is 2. The van der Waals surface area contributed by atoms with Crippen molar-refractivity contribution in [3.63, 3.8) is 0 Å². The predicted octanol–water partition coefficient (Wildman–Crippen LogP) is 2.21. The number of nitrogens with zero attached hydrogens (tertiary/aromatic N) is 4. The van der Waals surface area contributed by atoms with E-state index in [1.807, 2.05) is 6.20 Å². The summed E-state index contributed by atoms with van der Waals surface area (Å²) in [7, 11) is 3.60. The molecule has 2 atom stereocenters. The van der Waals surface area contributed by atoms with Crippen LogP contribution in [0.4, 0.5) is 5.95 Å². The Morgan fingerprint density at radius 2 is 1.92 bits per heavy atom. The van der Waals surface area contributed by atoms with Crippen LogP contribution in [0.25, 0.3) is 0 Å². The highest BCUT2D eigenvalue weighted by Gasteiger charge is 2.37. The minimum absolute atomic E-state index is 0.104. The van der Waals surface area contributed by atoms with E-state index in [2.05, 4.69) is 9.88 Å². The average molecular weight is 358 g/mol. The number of hydrogen-bond acceptors (Lipinski definition) is 5. The Labute approximate surface area is 155 Å². The number of rotatable bonds is 3. The molecule has 4 rings (SSSR count). The van der Waals surface area contributed by atoms with Crippen LogP contribution in [0.15, 0.2) is 6.20 Å². The third-order valence-electron chi connectivity index (χ3n) is 6.17. The van der Waals surface area contributed by atoms with Gasteiger partial charge < -0.3 is 14.5 Å². The van der Waals surface area contributed by atoms with Crippen LogP contribution >= 0.6 is 0 Å². The first-order chi connectivity index (χ1) is 12.6. The summed E-state index contributed by atoms with van der Waals surface area (Å²) >= 11 is 0. The molecule has 3 heterocycles. The van der Waals surface area contributed by atoms with E-state index in [-0.39, 0.29) is 18.1 Å². The molecular weight excluding hydrogens is 328 g/mol. The Bertz CT molecular complexity index is 655. The molecule has 0 saturated carbocycles. The summed E-state index contributed by atoms with van der Waals surface area (Å²) in [5, 5.41) is 0. The van der Waals surface area contributed by atoms with Crippen molar-refractivity contribution >= 4 is 11.9 Å². The highest BCUT2D eigenvalue weighted by atomic mass is 16.5. The molecule has 2 aliphatic heterocycles. The predicted molar refractivity (Wildman–Crippen MR) is 100 cm³/mol. The Kier molecular flexibility index (Phi) is 5.11. The zero-order valence-corrected chi connectivity index (χ0v) is 16.0. The molecule has 3 aliphatic rings. The molecule has 1 aromatic heterocycles. The highest BCUT2D eigenvalue weighted by molar-refractivity contribution is 5.80. The number of amides is 1. The molecule has 0 N–H and O–H groups in total. The molecule has 0 bridgehead atoms. The standard InChI is InChI=1S/C20H30N4O2/c1-23(2)19(25)18-8-7-17(26-18)14-9-11-24(12-10-14)20-21-13-15-5-3-4-6-16(15)22-20/h13-14,17-18H,3-12H2,1-2H3/t17-,18+/m0/s1. The summed E-state index contributed by atoms with van der Waals surface area (Å²) in [6, 6.07) is 0. The van der Waals surface area contributed by atoms with Gasteiger partial charge >= 0.3 is 0 Å². The highest BCUT2D eigenvalue weighted by Crippen LogP contribution is 2.33. The van der Waals surface area contributed by atoms with Crippen molar-refractivity contribution in [3.05, 3.63) is 17.5 Å². The lowest BCUT2D eigenvalue weighted by Crippen LogP contribution is -2.40. The van der Waals surface area contributed by atoms with Crippen molar-refractivity contribution in [2.24, 2.45) is 5.92 Å². The minimum atomic E-state index is -0.239. The first-order valence-corrected chi connectivity index (χ1v) is 10.1. The van der Waals surface area contributed by atoms with E-state index in [0.717, 1.165) is 57.6 Å². The van der Waals surface area contributed by atoms with E-state index in [4.69, 9.17) is 9.72 Å². The fraction of sp³-hybridized carbons (Fsp3) is 0.750. The van der Waals surface area contributed by atoms with Gasteiger partial charge in [-0.2, -0.15) is 0 Å². The molecule has 1 aliphatic carbocycles. The number of hydrogen-bond donors (Lipinski definition) is 0. The van der Waals surface area contributed by atoms with Crippen LogP contribution in [-0.2, 0) is 22.4 Å². The molecule has 0 unspecified atom stereocenters. The van der Waals surface area contributed by atoms with Crippen LogP contribution in [0.3, 0.4) is 0 Å². The average Bonchev–Trinajstić information content (AvgIpc) is 3.17. The van der Waals surface area contributed by atoms with Crippen molar-refractivity contribution in [3.8, 4) is 0 Å². The molecule has 2 saturated heterocycles. The van der Waals surface area contributed by atoms with E-state index in [9.17, 15) is 4.79 Å². The van der Waals surface area contributed by atoms with Crippen molar-refractivity contribution in [2.75, 3.05) is 32.1 Å². The fourth-order valence-electron chi connectivity index (χ4n) is 4.57. The van der Waals surface area contributed by atoms with E-state index >= 15 is 0 Å². The molecule has 6 heteroatoms. The quantitative estimate of drug-likeness (QED) is 0.829. The molecule has 2 fully saturated rings. The number of fused-ring (bicyclic) bond motifs is 1. The van der Waals surface area contributed by atoms with Crippen molar-refractivity contribution in [1.29, 1.82) is 0 Å². The molecule has 26 heavy (non-hydrogen) atoms. The Morgan fingerprint density at radius 3 is 2.69 bits per heavy atom. The number of ether oxygens (including phenoxy) is 1. The molecule has 0 aromatic carbocycles. The normalized spacial score (nSPS) is 26.6. The smallest absolute Gasteiger partial charge is 0.251 e. The van der Waals surface area contributed by atoms with Crippen molar-refractivity contribution < 1.29 is 9.53 Å². The van der Waals surface area contributed by atoms with Crippen LogP contribution < -0.4 is 4.90 Å². The van der Waals surface area contributed by atoms with Crippen molar-refractivity contribution in [2.45, 2.75) is 63.6 Å². The lowest BCUT2D eigenvalue weighted by atomic mass is 9.90. The number of anilines is 1. The number of likely N-dealkylation sites (N-methyl/N-ethyl adjacent to an activating group) is 1. The maximum absolute atomic E-state index is 12.1. The molecule has 6 nitrogen and oxygen atoms in total. The maximum Gasteiger partial charge on any atom is 0.251 e. The van der Waals surface area contributed by atoms with Crippen LogP contribution in [0, 0.1) is 5.92 Å². The van der Waals surface area contributed by atoms with Gasteiger partial charge in [0, 0.05) is 39.1 Å². The van der Waals surface area contributed by atoms with Gasteiger partial charge in [0.15, 0.2) is 0 Å². The number of aryl methyl sites for hydroxylation is 2. The van der Waals surface area contributed by atoms with Gasteiger partial charge in [-0.15, -0.1) is 0 Å². The second kappa shape index (κ2) is 7.51.